The van der Waals surface area contributed by atoms with Gasteiger partial charge in [-0.1, -0.05) is 19.8 Å². The maximum atomic E-state index is 5.21. The molecule has 4 nitrogen and oxygen atoms in total. The van der Waals surface area contributed by atoms with Crippen LogP contribution in [-0.4, -0.2) is 50.1 Å². The second-order valence-electron chi connectivity index (χ2n) is 3.75. The fourth-order valence-corrected chi connectivity index (χ4v) is 1.52. The molecule has 0 bridgehead atoms. The van der Waals surface area contributed by atoms with Crippen LogP contribution < -0.4 is 10.6 Å². The van der Waals surface area contributed by atoms with Crippen molar-refractivity contribution in [3.63, 3.8) is 0 Å². The van der Waals surface area contributed by atoms with Crippen LogP contribution in [0.4, 0.5) is 0 Å². The molecule has 0 aromatic rings. The van der Waals surface area contributed by atoms with E-state index in [1.54, 1.807) is 0 Å². The quantitative estimate of drug-likeness (QED) is 0.375. The lowest BCUT2D eigenvalue weighted by atomic mass is 10.4. The molecule has 0 heterocycles. The number of likely N-dealkylation sites (N-methyl/N-ethyl adjacent to an activating group) is 1. The summed E-state index contributed by atoms with van der Waals surface area (Å²) < 4.78 is 0. The number of nitrogens with one attached hydrogen (secondary N) is 2. The first-order chi connectivity index (χ1) is 8.28. The summed E-state index contributed by atoms with van der Waals surface area (Å²) in [6.07, 6.45) is 6.39. The molecule has 0 amide bonds. The average Bonchev–Trinajstić information content (AvgIpc) is 2.34. The highest BCUT2D eigenvalue weighted by Gasteiger charge is 2.00. The minimum atomic E-state index is 0.512. The maximum Gasteiger partial charge on any atom is 0.192 e. The molecule has 0 radical (unpaired) electrons. The maximum absolute atomic E-state index is 5.21. The first-order valence-corrected chi connectivity index (χ1v) is 6.46. The SMILES string of the molecule is C#CCNC(=NCCN(CC)CCC)NCC. The average molecular weight is 238 g/mol. The Hall–Kier alpha value is -1.21. The molecule has 0 saturated carbocycles. The van der Waals surface area contributed by atoms with Crippen LogP contribution in [0, 0.1) is 12.3 Å². The van der Waals surface area contributed by atoms with Crippen molar-refractivity contribution in [3.8, 4) is 12.3 Å². The fraction of sp³-hybridized carbons (Fsp3) is 0.769. The predicted molar refractivity (Wildman–Crippen MR) is 75.2 cm³/mol. The summed E-state index contributed by atoms with van der Waals surface area (Å²) in [5.74, 6) is 3.35. The molecule has 17 heavy (non-hydrogen) atoms. The van der Waals surface area contributed by atoms with Gasteiger partial charge in [0.15, 0.2) is 5.96 Å². The number of hydrogen-bond acceptors (Lipinski definition) is 2. The van der Waals surface area contributed by atoms with Gasteiger partial charge in [0.1, 0.15) is 0 Å². The van der Waals surface area contributed by atoms with E-state index in [0.29, 0.717) is 6.54 Å². The van der Waals surface area contributed by atoms with Crippen LogP contribution in [0.25, 0.3) is 0 Å². The van der Waals surface area contributed by atoms with E-state index < -0.39 is 0 Å². The van der Waals surface area contributed by atoms with E-state index in [-0.39, 0.29) is 0 Å². The van der Waals surface area contributed by atoms with Crippen molar-refractivity contribution >= 4 is 5.96 Å². The largest absolute Gasteiger partial charge is 0.357 e. The third-order valence-electron chi connectivity index (χ3n) is 2.38. The lowest BCUT2D eigenvalue weighted by Crippen LogP contribution is -2.38. The molecule has 0 saturated heterocycles. The molecule has 0 aliphatic rings. The van der Waals surface area contributed by atoms with Gasteiger partial charge in [-0.3, -0.25) is 4.99 Å². The minimum Gasteiger partial charge on any atom is -0.357 e. The number of rotatable bonds is 8. The van der Waals surface area contributed by atoms with Crippen molar-refractivity contribution < 1.29 is 0 Å². The Bertz CT molecular complexity index is 242. The predicted octanol–water partition coefficient (Wildman–Crippen LogP) is 0.907. The van der Waals surface area contributed by atoms with Gasteiger partial charge in [-0.05, 0) is 26.4 Å². The summed E-state index contributed by atoms with van der Waals surface area (Å²) in [5.41, 5.74) is 0. The van der Waals surface area contributed by atoms with Crippen molar-refractivity contribution in [3.05, 3.63) is 0 Å². The second kappa shape index (κ2) is 11.3. The molecule has 0 atom stereocenters. The van der Waals surface area contributed by atoms with Crippen LogP contribution in [0.15, 0.2) is 4.99 Å². The summed E-state index contributed by atoms with van der Waals surface area (Å²) in [6.45, 7) is 11.8. The van der Waals surface area contributed by atoms with Crippen LogP contribution in [0.3, 0.4) is 0 Å². The van der Waals surface area contributed by atoms with Crippen molar-refractivity contribution in [2.24, 2.45) is 4.99 Å². The highest BCUT2D eigenvalue weighted by Crippen LogP contribution is 1.90. The normalized spacial score (nSPS) is 11.4. The van der Waals surface area contributed by atoms with Crippen molar-refractivity contribution in [1.82, 2.24) is 15.5 Å². The first kappa shape index (κ1) is 15.8. The molecule has 0 fully saturated rings. The zero-order chi connectivity index (χ0) is 12.9. The molecule has 98 valence electrons. The third-order valence-corrected chi connectivity index (χ3v) is 2.38. The van der Waals surface area contributed by atoms with Gasteiger partial charge in [-0.25, -0.2) is 0 Å². The monoisotopic (exact) mass is 238 g/mol. The molecule has 0 aromatic carbocycles. The topological polar surface area (TPSA) is 39.7 Å². The van der Waals surface area contributed by atoms with Crippen molar-refractivity contribution in [2.75, 3.05) is 39.3 Å². The Balaban J connectivity index is 4.00. The molecule has 4 heteroatoms. The number of aliphatic imine (C=N–C) groups is 1. The Morgan fingerprint density at radius 2 is 2.00 bits per heavy atom. The summed E-state index contributed by atoms with van der Waals surface area (Å²) in [6, 6.07) is 0. The smallest absolute Gasteiger partial charge is 0.192 e. The molecule has 0 aromatic heterocycles. The van der Waals surface area contributed by atoms with Gasteiger partial charge in [0.2, 0.25) is 0 Å². The first-order valence-electron chi connectivity index (χ1n) is 6.46. The van der Waals surface area contributed by atoms with Crippen LogP contribution in [0.2, 0.25) is 0 Å². The van der Waals surface area contributed by atoms with E-state index in [1.807, 2.05) is 6.92 Å². The standard InChI is InChI=1S/C13H26N4/c1-5-9-15-13(14-7-3)16-10-12-17(8-4)11-6-2/h1H,6-12H2,2-4H3,(H2,14,15,16). The van der Waals surface area contributed by atoms with E-state index in [9.17, 15) is 0 Å². The van der Waals surface area contributed by atoms with Crippen molar-refractivity contribution in [1.29, 1.82) is 0 Å². The van der Waals surface area contributed by atoms with Gasteiger partial charge < -0.3 is 15.5 Å². The summed E-state index contributed by atoms with van der Waals surface area (Å²) in [5, 5.41) is 6.24. The van der Waals surface area contributed by atoms with E-state index in [1.165, 1.54) is 6.42 Å². The number of guanidine groups is 1. The lowest BCUT2D eigenvalue weighted by molar-refractivity contribution is 0.297. The minimum absolute atomic E-state index is 0.512. The zero-order valence-corrected chi connectivity index (χ0v) is 11.4. The van der Waals surface area contributed by atoms with Gasteiger partial charge in [0.25, 0.3) is 0 Å². The van der Waals surface area contributed by atoms with Crippen LogP contribution >= 0.6 is 0 Å². The van der Waals surface area contributed by atoms with Crippen LogP contribution in [0.5, 0.6) is 0 Å². The third kappa shape index (κ3) is 8.58. The second-order valence-corrected chi connectivity index (χ2v) is 3.75. The molecule has 0 unspecified atom stereocenters. The van der Waals surface area contributed by atoms with Gasteiger partial charge in [-0.15, -0.1) is 6.42 Å². The fourth-order valence-electron chi connectivity index (χ4n) is 1.52. The summed E-state index contributed by atoms with van der Waals surface area (Å²) in [4.78, 5) is 6.88. The number of terminal acetylenes is 1. The van der Waals surface area contributed by atoms with E-state index in [4.69, 9.17) is 6.42 Å². The molecule has 0 aliphatic heterocycles. The lowest BCUT2D eigenvalue weighted by Gasteiger charge is -2.18. The molecular formula is C13H26N4. The van der Waals surface area contributed by atoms with Gasteiger partial charge in [-0.2, -0.15) is 0 Å². The van der Waals surface area contributed by atoms with Gasteiger partial charge in [0.05, 0.1) is 13.1 Å². The van der Waals surface area contributed by atoms with Crippen molar-refractivity contribution in [2.45, 2.75) is 27.2 Å². The van der Waals surface area contributed by atoms with Gasteiger partial charge in [0, 0.05) is 13.1 Å². The Kier molecular flexibility index (Phi) is 10.5. The Morgan fingerprint density at radius 3 is 2.53 bits per heavy atom. The molecule has 0 rings (SSSR count). The molecular weight excluding hydrogens is 212 g/mol. The van der Waals surface area contributed by atoms with Crippen LogP contribution in [0.1, 0.15) is 27.2 Å². The zero-order valence-electron chi connectivity index (χ0n) is 11.4. The Morgan fingerprint density at radius 1 is 1.24 bits per heavy atom. The number of nitrogens with zero attached hydrogens (tertiary/aromatic N) is 2. The molecule has 2 N–H and O–H groups in total. The highest BCUT2D eigenvalue weighted by molar-refractivity contribution is 5.79. The Labute approximate surface area is 106 Å². The van der Waals surface area contributed by atoms with E-state index in [2.05, 4.69) is 40.3 Å². The molecule has 0 spiro atoms. The highest BCUT2D eigenvalue weighted by atomic mass is 15.2. The van der Waals surface area contributed by atoms with E-state index in [0.717, 1.165) is 38.7 Å². The van der Waals surface area contributed by atoms with Gasteiger partial charge >= 0.3 is 0 Å². The number of hydrogen-bond donors (Lipinski definition) is 2. The summed E-state index contributed by atoms with van der Waals surface area (Å²) >= 11 is 0. The summed E-state index contributed by atoms with van der Waals surface area (Å²) in [7, 11) is 0. The van der Waals surface area contributed by atoms with Crippen LogP contribution in [-0.2, 0) is 0 Å². The molecule has 0 aliphatic carbocycles. The van der Waals surface area contributed by atoms with E-state index >= 15 is 0 Å².